The molecular formula is C32H42O2. The highest BCUT2D eigenvalue weighted by atomic mass is 16.5. The smallest absolute Gasteiger partial charge is 0.115 e. The van der Waals surface area contributed by atoms with Gasteiger partial charge in [-0.3, -0.25) is 0 Å². The Labute approximate surface area is 207 Å². The van der Waals surface area contributed by atoms with Gasteiger partial charge in [-0.2, -0.15) is 0 Å². The molecule has 0 aliphatic heterocycles. The third-order valence-electron chi connectivity index (χ3n) is 6.54. The van der Waals surface area contributed by atoms with Crippen LogP contribution in [0, 0.1) is 12.8 Å². The highest BCUT2D eigenvalue weighted by molar-refractivity contribution is 5.76. The first-order valence-electron chi connectivity index (χ1n) is 12.3. The number of hydrogen-bond acceptors (Lipinski definition) is 2. The summed E-state index contributed by atoms with van der Waals surface area (Å²) in [6, 6.07) is 4.61. The second-order valence-corrected chi connectivity index (χ2v) is 9.21. The molecule has 1 N–H and O–H groups in total. The van der Waals surface area contributed by atoms with Crippen LogP contribution in [0.25, 0.3) is 5.57 Å². The van der Waals surface area contributed by atoms with E-state index in [9.17, 15) is 5.11 Å². The van der Waals surface area contributed by atoms with Crippen molar-refractivity contribution in [3.8, 4) is 0 Å². The fourth-order valence-corrected chi connectivity index (χ4v) is 4.48. The van der Waals surface area contributed by atoms with Crippen molar-refractivity contribution in [2.75, 3.05) is 6.61 Å². The first-order chi connectivity index (χ1) is 16.2. The first-order valence-corrected chi connectivity index (χ1v) is 12.3. The van der Waals surface area contributed by atoms with E-state index < -0.39 is 0 Å². The maximum absolute atomic E-state index is 10.0. The van der Waals surface area contributed by atoms with Gasteiger partial charge in [0, 0.05) is 18.1 Å². The summed E-state index contributed by atoms with van der Waals surface area (Å²) in [5, 5.41) is 10.0. The lowest BCUT2D eigenvalue weighted by Crippen LogP contribution is -2.08. The Bertz CT molecular complexity index is 1040. The van der Waals surface area contributed by atoms with Crippen LogP contribution in [-0.2, 0) is 17.8 Å². The minimum Gasteiger partial charge on any atom is -0.508 e. The molecule has 1 aromatic rings. The topological polar surface area (TPSA) is 29.5 Å². The van der Waals surface area contributed by atoms with E-state index in [1.807, 2.05) is 19.9 Å². The third kappa shape index (κ3) is 7.08. The van der Waals surface area contributed by atoms with E-state index in [1.165, 1.54) is 39.0 Å². The van der Waals surface area contributed by atoms with Crippen molar-refractivity contribution in [1.29, 1.82) is 0 Å². The minimum atomic E-state index is 0.0378. The monoisotopic (exact) mass is 458 g/mol. The number of rotatable bonds is 10. The van der Waals surface area contributed by atoms with E-state index in [0.29, 0.717) is 12.2 Å². The predicted molar refractivity (Wildman–Crippen MR) is 148 cm³/mol. The van der Waals surface area contributed by atoms with Gasteiger partial charge >= 0.3 is 0 Å². The molecule has 2 heteroatoms. The van der Waals surface area contributed by atoms with Crippen LogP contribution in [0.3, 0.4) is 0 Å². The highest BCUT2D eigenvalue weighted by Gasteiger charge is 2.25. The maximum Gasteiger partial charge on any atom is 0.115 e. The van der Waals surface area contributed by atoms with Gasteiger partial charge in [0.1, 0.15) is 5.76 Å². The van der Waals surface area contributed by atoms with Gasteiger partial charge in [-0.25, -0.2) is 0 Å². The molecule has 0 saturated heterocycles. The van der Waals surface area contributed by atoms with Gasteiger partial charge in [-0.05, 0) is 80.4 Å². The zero-order valence-corrected chi connectivity index (χ0v) is 21.8. The molecule has 0 heterocycles. The Hall–Kier alpha value is -2.84. The van der Waals surface area contributed by atoms with Crippen LogP contribution in [0.15, 0.2) is 90.3 Å². The normalized spacial score (nSPS) is 18.3. The van der Waals surface area contributed by atoms with Crippen LogP contribution in [-0.4, -0.2) is 11.7 Å². The predicted octanol–water partition coefficient (Wildman–Crippen LogP) is 8.91. The number of aliphatic hydroxyl groups excluding tert-OH is 1. The van der Waals surface area contributed by atoms with Crippen molar-refractivity contribution in [3.05, 3.63) is 113 Å². The van der Waals surface area contributed by atoms with Crippen LogP contribution >= 0.6 is 0 Å². The van der Waals surface area contributed by atoms with Crippen molar-refractivity contribution in [1.82, 2.24) is 0 Å². The molecule has 0 amide bonds. The summed E-state index contributed by atoms with van der Waals surface area (Å²) in [7, 11) is 0. The number of hydrogen-bond donors (Lipinski definition) is 1. The zero-order valence-electron chi connectivity index (χ0n) is 21.8. The van der Waals surface area contributed by atoms with Crippen LogP contribution in [0.5, 0.6) is 0 Å². The molecule has 1 aromatic carbocycles. The molecule has 0 spiro atoms. The van der Waals surface area contributed by atoms with Crippen molar-refractivity contribution >= 4 is 5.57 Å². The first kappa shape index (κ1) is 27.4. The van der Waals surface area contributed by atoms with Crippen molar-refractivity contribution in [2.45, 2.75) is 66.9 Å². The number of benzene rings is 1. The molecule has 0 aromatic heterocycles. The number of ether oxygens (including phenoxy) is 1. The molecular weight excluding hydrogens is 416 g/mol. The Kier molecular flexibility index (Phi) is 10.6. The van der Waals surface area contributed by atoms with Gasteiger partial charge in [0.25, 0.3) is 0 Å². The van der Waals surface area contributed by atoms with E-state index in [0.717, 1.165) is 37.9 Å². The molecule has 0 bridgehead atoms. The molecule has 1 atom stereocenters. The summed E-state index contributed by atoms with van der Waals surface area (Å²) in [5.41, 5.74) is 10.1. The Morgan fingerprint density at radius 1 is 1.24 bits per heavy atom. The molecule has 1 aliphatic rings. The second kappa shape index (κ2) is 13.2. The molecule has 0 fully saturated rings. The second-order valence-electron chi connectivity index (χ2n) is 9.21. The molecule has 0 radical (unpaired) electrons. The van der Waals surface area contributed by atoms with E-state index in [2.05, 4.69) is 76.9 Å². The van der Waals surface area contributed by atoms with Crippen molar-refractivity contribution in [2.24, 2.45) is 5.92 Å². The summed E-state index contributed by atoms with van der Waals surface area (Å²) in [5.74, 6) is 0.301. The van der Waals surface area contributed by atoms with Crippen molar-refractivity contribution in [3.63, 3.8) is 0 Å². The third-order valence-corrected chi connectivity index (χ3v) is 6.54. The molecule has 34 heavy (non-hydrogen) atoms. The molecule has 1 unspecified atom stereocenters. The number of aryl methyl sites for hydroxylation is 1. The summed E-state index contributed by atoms with van der Waals surface area (Å²) < 4.78 is 5.96. The van der Waals surface area contributed by atoms with Crippen LogP contribution in [0.1, 0.15) is 69.2 Å². The van der Waals surface area contributed by atoms with Gasteiger partial charge < -0.3 is 9.84 Å². The number of unbranched alkanes of at least 4 members (excludes halogenated alkanes) is 1. The van der Waals surface area contributed by atoms with Crippen LogP contribution in [0.4, 0.5) is 0 Å². The highest BCUT2D eigenvalue weighted by Crippen LogP contribution is 2.40. The van der Waals surface area contributed by atoms with Gasteiger partial charge in [0.05, 0.1) is 6.61 Å². The summed E-state index contributed by atoms with van der Waals surface area (Å²) >= 11 is 0. The minimum absolute atomic E-state index is 0.0378. The van der Waals surface area contributed by atoms with E-state index >= 15 is 0 Å². The average Bonchev–Trinajstić information content (AvgIpc) is 2.91. The Morgan fingerprint density at radius 3 is 2.59 bits per heavy atom. The van der Waals surface area contributed by atoms with Crippen LogP contribution in [0.2, 0.25) is 0 Å². The SMILES string of the molecule is C=C(O)/C(=C/C)C(=C)/C=C1\CC(=C)C(/C(C)=C/C=C\C)Cc2cc(COCCCC)c(C)cc21. The van der Waals surface area contributed by atoms with E-state index in [1.54, 1.807) is 0 Å². The molecule has 2 nitrogen and oxygen atoms in total. The zero-order chi connectivity index (χ0) is 25.3. The summed E-state index contributed by atoms with van der Waals surface area (Å²) in [6.45, 7) is 24.3. The molecule has 182 valence electrons. The van der Waals surface area contributed by atoms with Gasteiger partial charge in [-0.15, -0.1) is 0 Å². The quantitative estimate of drug-likeness (QED) is 0.125. The fraction of sp³-hybridized carbons (Fsp3) is 0.375. The average molecular weight is 459 g/mol. The van der Waals surface area contributed by atoms with Gasteiger partial charge in [0.2, 0.25) is 0 Å². The van der Waals surface area contributed by atoms with Gasteiger partial charge in [-0.1, -0.05) is 86.7 Å². The van der Waals surface area contributed by atoms with Gasteiger partial charge in [0.15, 0.2) is 0 Å². The lowest BCUT2D eigenvalue weighted by Gasteiger charge is -2.19. The lowest BCUT2D eigenvalue weighted by atomic mass is 9.86. The standard InChI is InChI=1S/C32H42O2/c1-9-12-14-22(4)31-20-28-19-29(21-34-15-13-10-2)23(5)18-32(28)27(17-25(31)7)16-24(6)30(11-3)26(8)33/h9,11-12,14,16,18-19,31,33H,6-8,10,13,15,17,20-21H2,1-5H3/b12-9-,22-14+,27-16+,30-11+. The van der Waals surface area contributed by atoms with Crippen LogP contribution < -0.4 is 0 Å². The molecule has 1 aliphatic carbocycles. The summed E-state index contributed by atoms with van der Waals surface area (Å²) in [6.07, 6.45) is 14.2. The lowest BCUT2D eigenvalue weighted by molar-refractivity contribution is 0.117. The van der Waals surface area contributed by atoms with E-state index in [-0.39, 0.29) is 11.7 Å². The summed E-state index contributed by atoms with van der Waals surface area (Å²) in [4.78, 5) is 0. The number of aliphatic hydroxyl groups is 1. The fourth-order valence-electron chi connectivity index (χ4n) is 4.48. The number of allylic oxidation sites excluding steroid dienone is 9. The largest absolute Gasteiger partial charge is 0.508 e. The number of fused-ring (bicyclic) bond motifs is 1. The maximum atomic E-state index is 10.0. The Morgan fingerprint density at radius 2 is 1.97 bits per heavy atom. The molecule has 0 saturated carbocycles. The van der Waals surface area contributed by atoms with Crippen molar-refractivity contribution < 1.29 is 9.84 Å². The molecule has 2 rings (SSSR count). The van der Waals surface area contributed by atoms with E-state index in [4.69, 9.17) is 4.74 Å². The Balaban J connectivity index is 2.58.